The van der Waals surface area contributed by atoms with Gasteiger partial charge >= 0.3 is 0 Å². The molecule has 7 nitrogen and oxygen atoms in total. The molecule has 0 saturated carbocycles. The Morgan fingerprint density at radius 3 is 3.00 bits per heavy atom. The summed E-state index contributed by atoms with van der Waals surface area (Å²) in [5.74, 6) is 1.16. The molecule has 0 aliphatic rings. The minimum atomic E-state index is -0.184. The molecule has 0 bridgehead atoms. The molecule has 8 heteroatoms. The normalized spacial score (nSPS) is 10.6. The van der Waals surface area contributed by atoms with E-state index in [0.29, 0.717) is 23.1 Å². The second-order valence-electron chi connectivity index (χ2n) is 4.36. The van der Waals surface area contributed by atoms with Crippen LogP contribution in [0.2, 0.25) is 0 Å². The summed E-state index contributed by atoms with van der Waals surface area (Å²) < 4.78 is 5.33. The van der Waals surface area contributed by atoms with Gasteiger partial charge in [-0.3, -0.25) is 4.79 Å². The van der Waals surface area contributed by atoms with Crippen LogP contribution in [-0.2, 0) is 4.79 Å². The highest BCUT2D eigenvalue weighted by atomic mass is 32.1. The number of furan rings is 1. The third kappa shape index (κ3) is 3.18. The maximum atomic E-state index is 11.7. The molecule has 22 heavy (non-hydrogen) atoms. The number of carbonyl (C=O) groups excluding carboxylic acids is 1. The number of anilines is 1. The predicted molar refractivity (Wildman–Crippen MR) is 83.4 cm³/mol. The van der Waals surface area contributed by atoms with Crippen LogP contribution in [-0.4, -0.2) is 34.5 Å². The molecule has 0 aliphatic heterocycles. The first kappa shape index (κ1) is 14.4. The van der Waals surface area contributed by atoms with Crippen LogP contribution in [0.5, 0.6) is 0 Å². The zero-order valence-electron chi connectivity index (χ0n) is 11.7. The Hall–Kier alpha value is -2.58. The Morgan fingerprint density at radius 1 is 1.41 bits per heavy atom. The molecule has 3 aromatic heterocycles. The number of likely N-dealkylation sites (N-methyl/N-ethyl adjacent to an activating group) is 1. The van der Waals surface area contributed by atoms with E-state index in [1.54, 1.807) is 37.7 Å². The summed E-state index contributed by atoms with van der Waals surface area (Å²) in [7, 11) is 1.70. The van der Waals surface area contributed by atoms with Crippen molar-refractivity contribution in [2.45, 2.75) is 0 Å². The number of thiazole rings is 1. The van der Waals surface area contributed by atoms with Crippen molar-refractivity contribution in [3.8, 4) is 22.3 Å². The second-order valence-corrected chi connectivity index (χ2v) is 5.25. The van der Waals surface area contributed by atoms with Gasteiger partial charge < -0.3 is 15.1 Å². The van der Waals surface area contributed by atoms with E-state index in [-0.39, 0.29) is 12.5 Å². The van der Waals surface area contributed by atoms with Gasteiger partial charge in [-0.2, -0.15) is 0 Å². The molecule has 0 fully saturated rings. The largest absolute Gasteiger partial charge is 0.461 e. The first-order valence-electron chi connectivity index (χ1n) is 6.53. The number of nitrogens with one attached hydrogen (secondary N) is 2. The lowest BCUT2D eigenvalue weighted by Gasteiger charge is -2.07. The fraction of sp³-hybridized carbons (Fsp3) is 0.143. The number of aromatic nitrogens is 3. The van der Waals surface area contributed by atoms with Crippen LogP contribution in [0.25, 0.3) is 22.3 Å². The van der Waals surface area contributed by atoms with Gasteiger partial charge in [-0.05, 0) is 19.2 Å². The highest BCUT2D eigenvalue weighted by Crippen LogP contribution is 2.25. The van der Waals surface area contributed by atoms with Crippen molar-refractivity contribution in [1.29, 1.82) is 0 Å². The summed E-state index contributed by atoms with van der Waals surface area (Å²) in [5, 5.41) is 8.13. The van der Waals surface area contributed by atoms with Crippen LogP contribution in [0.15, 0.2) is 40.5 Å². The molecule has 3 heterocycles. The summed E-state index contributed by atoms with van der Waals surface area (Å²) in [6.45, 7) is 0.201. The fourth-order valence-electron chi connectivity index (χ4n) is 1.83. The summed E-state index contributed by atoms with van der Waals surface area (Å²) in [4.78, 5) is 24.7. The first-order chi connectivity index (χ1) is 10.8. The van der Waals surface area contributed by atoms with E-state index in [1.807, 2.05) is 5.38 Å². The van der Waals surface area contributed by atoms with Crippen molar-refractivity contribution >= 4 is 23.1 Å². The van der Waals surface area contributed by atoms with Crippen LogP contribution < -0.4 is 10.6 Å². The van der Waals surface area contributed by atoms with Crippen LogP contribution in [0.3, 0.4) is 0 Å². The summed E-state index contributed by atoms with van der Waals surface area (Å²) >= 11 is 1.46. The lowest BCUT2D eigenvalue weighted by Crippen LogP contribution is -2.25. The van der Waals surface area contributed by atoms with E-state index < -0.39 is 0 Å². The lowest BCUT2D eigenvalue weighted by molar-refractivity contribution is -0.115. The van der Waals surface area contributed by atoms with Crippen LogP contribution in [0, 0.1) is 0 Å². The quantitative estimate of drug-likeness (QED) is 0.748. The number of carbonyl (C=O) groups is 1. The standard InChI is InChI=1S/C14H13N5O2S/c1-15-8-12(20)18-11-7-9(14-16-4-6-22-14)17-13(19-11)10-3-2-5-21-10/h2-7,15H,8H2,1H3,(H,17,18,19,20). The lowest BCUT2D eigenvalue weighted by atomic mass is 10.3. The van der Waals surface area contributed by atoms with Crippen molar-refractivity contribution < 1.29 is 9.21 Å². The molecule has 112 valence electrons. The van der Waals surface area contributed by atoms with Crippen molar-refractivity contribution in [2.24, 2.45) is 0 Å². The molecule has 0 aliphatic carbocycles. The third-order valence-corrected chi connectivity index (χ3v) is 3.52. The molecule has 3 aromatic rings. The molecular weight excluding hydrogens is 302 g/mol. The molecule has 0 aromatic carbocycles. The van der Waals surface area contributed by atoms with Gasteiger partial charge in [0.05, 0.1) is 12.8 Å². The van der Waals surface area contributed by atoms with E-state index >= 15 is 0 Å². The van der Waals surface area contributed by atoms with Gasteiger partial charge in [-0.15, -0.1) is 11.3 Å². The first-order valence-corrected chi connectivity index (χ1v) is 7.41. The molecule has 3 rings (SSSR count). The maximum Gasteiger partial charge on any atom is 0.239 e. The number of hydrogen-bond acceptors (Lipinski definition) is 7. The van der Waals surface area contributed by atoms with Gasteiger partial charge in [-0.25, -0.2) is 15.0 Å². The van der Waals surface area contributed by atoms with Gasteiger partial charge in [0, 0.05) is 17.6 Å². The topological polar surface area (TPSA) is 92.9 Å². The predicted octanol–water partition coefficient (Wildman–Crippen LogP) is 2.02. The Balaban J connectivity index is 2.00. The van der Waals surface area contributed by atoms with Gasteiger partial charge in [0.15, 0.2) is 11.6 Å². The van der Waals surface area contributed by atoms with E-state index in [2.05, 4.69) is 25.6 Å². The van der Waals surface area contributed by atoms with Gasteiger partial charge in [-0.1, -0.05) is 0 Å². The van der Waals surface area contributed by atoms with Crippen molar-refractivity contribution in [3.63, 3.8) is 0 Å². The van der Waals surface area contributed by atoms with Crippen molar-refractivity contribution in [1.82, 2.24) is 20.3 Å². The maximum absolute atomic E-state index is 11.7. The Bertz CT molecular complexity index is 703. The monoisotopic (exact) mass is 315 g/mol. The zero-order chi connectivity index (χ0) is 15.4. The molecule has 0 unspecified atom stereocenters. The van der Waals surface area contributed by atoms with E-state index in [4.69, 9.17) is 4.42 Å². The third-order valence-electron chi connectivity index (χ3n) is 2.72. The molecule has 0 radical (unpaired) electrons. The minimum absolute atomic E-state index is 0.184. The number of rotatable bonds is 5. The van der Waals surface area contributed by atoms with Crippen LogP contribution >= 0.6 is 11.3 Å². The van der Waals surface area contributed by atoms with Crippen molar-refractivity contribution in [3.05, 3.63) is 36.0 Å². The Morgan fingerprint density at radius 2 is 2.32 bits per heavy atom. The van der Waals surface area contributed by atoms with Crippen LogP contribution in [0.4, 0.5) is 5.82 Å². The summed E-state index contributed by atoms with van der Waals surface area (Å²) in [5.41, 5.74) is 0.635. The summed E-state index contributed by atoms with van der Waals surface area (Å²) in [6.07, 6.45) is 3.25. The van der Waals surface area contributed by atoms with E-state index in [1.165, 1.54) is 11.3 Å². The molecular formula is C14H13N5O2S. The summed E-state index contributed by atoms with van der Waals surface area (Å²) in [6, 6.07) is 5.22. The van der Waals surface area contributed by atoms with Crippen LogP contribution in [0.1, 0.15) is 0 Å². The number of nitrogens with zero attached hydrogens (tertiary/aromatic N) is 3. The molecule has 0 atom stereocenters. The highest BCUT2D eigenvalue weighted by Gasteiger charge is 2.13. The average molecular weight is 315 g/mol. The minimum Gasteiger partial charge on any atom is -0.461 e. The zero-order valence-corrected chi connectivity index (χ0v) is 12.6. The molecule has 0 saturated heterocycles. The SMILES string of the molecule is CNCC(=O)Nc1cc(-c2nccs2)nc(-c2ccco2)n1. The van der Waals surface area contributed by atoms with Gasteiger partial charge in [0.1, 0.15) is 16.5 Å². The number of hydrogen-bond donors (Lipinski definition) is 2. The van der Waals surface area contributed by atoms with E-state index in [9.17, 15) is 4.79 Å². The van der Waals surface area contributed by atoms with Gasteiger partial charge in [0.25, 0.3) is 0 Å². The van der Waals surface area contributed by atoms with Crippen molar-refractivity contribution in [2.75, 3.05) is 18.9 Å². The number of amides is 1. The molecule has 0 spiro atoms. The second kappa shape index (κ2) is 6.46. The smallest absolute Gasteiger partial charge is 0.239 e. The highest BCUT2D eigenvalue weighted by molar-refractivity contribution is 7.13. The Kier molecular flexibility index (Phi) is 4.22. The average Bonchev–Trinajstić information content (AvgIpc) is 3.21. The van der Waals surface area contributed by atoms with E-state index in [0.717, 1.165) is 5.01 Å². The Labute approximate surface area is 130 Å². The molecule has 1 amide bonds. The van der Waals surface area contributed by atoms with Gasteiger partial charge in [0.2, 0.25) is 5.91 Å². The molecule has 2 N–H and O–H groups in total. The fourth-order valence-corrected chi connectivity index (χ4v) is 2.43.